The van der Waals surface area contributed by atoms with Crippen molar-refractivity contribution in [3.63, 3.8) is 0 Å². The molecule has 2 unspecified atom stereocenters. The normalized spacial score (nSPS) is 31.5. The van der Waals surface area contributed by atoms with Crippen molar-refractivity contribution in [1.82, 2.24) is 4.90 Å². The van der Waals surface area contributed by atoms with Gasteiger partial charge in [-0.25, -0.2) is 4.79 Å². The standard InChI is InChI=1S/C11H20N2O2/c1-2-15-11(14)13-5-3-8(4-6-13)9-7-10(9)12/h8-10H,2-7,12H2,1H3. The molecule has 0 spiro atoms. The fourth-order valence-corrected chi connectivity index (χ4v) is 2.50. The van der Waals surface area contributed by atoms with Crippen LogP contribution in [0.4, 0.5) is 4.79 Å². The number of ether oxygens (including phenoxy) is 1. The molecule has 0 aromatic rings. The van der Waals surface area contributed by atoms with Gasteiger partial charge in [0, 0.05) is 19.1 Å². The van der Waals surface area contributed by atoms with Crippen LogP contribution in [0.25, 0.3) is 0 Å². The molecule has 0 bridgehead atoms. The van der Waals surface area contributed by atoms with Gasteiger partial charge in [-0.15, -0.1) is 0 Å². The highest BCUT2D eigenvalue weighted by Gasteiger charge is 2.41. The van der Waals surface area contributed by atoms with Crippen molar-refractivity contribution in [3.8, 4) is 0 Å². The van der Waals surface area contributed by atoms with Crippen LogP contribution in [0.1, 0.15) is 26.2 Å². The summed E-state index contributed by atoms with van der Waals surface area (Å²) in [5.74, 6) is 1.47. The van der Waals surface area contributed by atoms with E-state index in [1.165, 1.54) is 6.42 Å². The number of piperidine rings is 1. The fraction of sp³-hybridized carbons (Fsp3) is 0.909. The van der Waals surface area contributed by atoms with E-state index < -0.39 is 0 Å². The van der Waals surface area contributed by atoms with Crippen molar-refractivity contribution < 1.29 is 9.53 Å². The molecule has 4 nitrogen and oxygen atoms in total. The molecular formula is C11H20N2O2. The Hall–Kier alpha value is -0.770. The number of carbonyl (C=O) groups excluding carboxylic acids is 1. The number of nitrogens with zero attached hydrogens (tertiary/aromatic N) is 1. The maximum atomic E-state index is 11.4. The smallest absolute Gasteiger partial charge is 0.409 e. The number of carbonyl (C=O) groups is 1. The molecule has 0 radical (unpaired) electrons. The monoisotopic (exact) mass is 212 g/mol. The van der Waals surface area contributed by atoms with Gasteiger partial charge in [-0.05, 0) is 38.0 Å². The summed E-state index contributed by atoms with van der Waals surface area (Å²) < 4.78 is 4.98. The topological polar surface area (TPSA) is 55.6 Å². The lowest BCUT2D eigenvalue weighted by molar-refractivity contribution is 0.0893. The van der Waals surface area contributed by atoms with Gasteiger partial charge in [-0.1, -0.05) is 0 Å². The van der Waals surface area contributed by atoms with E-state index >= 15 is 0 Å². The molecule has 2 N–H and O–H groups in total. The first-order valence-corrected chi connectivity index (χ1v) is 5.89. The van der Waals surface area contributed by atoms with E-state index in [0.717, 1.165) is 37.8 Å². The van der Waals surface area contributed by atoms with Crippen molar-refractivity contribution in [2.24, 2.45) is 17.6 Å². The summed E-state index contributed by atoms with van der Waals surface area (Å²) in [7, 11) is 0. The van der Waals surface area contributed by atoms with Gasteiger partial charge in [0.2, 0.25) is 0 Å². The average molecular weight is 212 g/mol. The summed E-state index contributed by atoms with van der Waals surface area (Å²) in [6, 6.07) is 0.434. The minimum absolute atomic E-state index is 0.156. The third-order valence-electron chi connectivity index (χ3n) is 3.56. The molecule has 4 heteroatoms. The average Bonchev–Trinajstić information content (AvgIpc) is 2.96. The molecular weight excluding hydrogens is 192 g/mol. The molecule has 86 valence electrons. The lowest BCUT2D eigenvalue weighted by atomic mass is 9.92. The summed E-state index contributed by atoms with van der Waals surface area (Å²) in [5.41, 5.74) is 5.83. The highest BCUT2D eigenvalue weighted by Crippen LogP contribution is 2.40. The van der Waals surface area contributed by atoms with Gasteiger partial charge in [-0.2, -0.15) is 0 Å². The SMILES string of the molecule is CCOC(=O)N1CCC(C2CC2N)CC1. The van der Waals surface area contributed by atoms with Gasteiger partial charge in [0.1, 0.15) is 0 Å². The first-order chi connectivity index (χ1) is 7.22. The molecule has 1 aliphatic heterocycles. The Morgan fingerprint density at radius 1 is 1.47 bits per heavy atom. The molecule has 2 aliphatic rings. The van der Waals surface area contributed by atoms with Gasteiger partial charge >= 0.3 is 6.09 Å². The molecule has 1 saturated carbocycles. The number of nitrogens with two attached hydrogens (primary N) is 1. The summed E-state index contributed by atoms with van der Waals surface area (Å²) in [4.78, 5) is 13.2. The Bertz CT molecular complexity index is 237. The van der Waals surface area contributed by atoms with Crippen LogP contribution in [0.5, 0.6) is 0 Å². The second-order valence-electron chi connectivity index (χ2n) is 4.59. The summed E-state index contributed by atoms with van der Waals surface area (Å²) in [6.07, 6.45) is 3.22. The number of amides is 1. The van der Waals surface area contributed by atoms with Crippen molar-refractivity contribution >= 4 is 6.09 Å². The van der Waals surface area contributed by atoms with Crippen molar-refractivity contribution in [3.05, 3.63) is 0 Å². The van der Waals surface area contributed by atoms with Gasteiger partial charge < -0.3 is 15.4 Å². The molecule has 2 rings (SSSR count). The summed E-state index contributed by atoms with van der Waals surface area (Å²) in [5, 5.41) is 0. The molecule has 1 aliphatic carbocycles. The van der Waals surface area contributed by atoms with E-state index in [1.807, 2.05) is 11.8 Å². The van der Waals surface area contributed by atoms with Crippen LogP contribution in [0.3, 0.4) is 0 Å². The maximum absolute atomic E-state index is 11.4. The van der Waals surface area contributed by atoms with Crippen LogP contribution in [0.15, 0.2) is 0 Å². The molecule has 2 atom stereocenters. The highest BCUT2D eigenvalue weighted by atomic mass is 16.6. The molecule has 15 heavy (non-hydrogen) atoms. The number of hydrogen-bond acceptors (Lipinski definition) is 3. The molecule has 1 saturated heterocycles. The Kier molecular flexibility index (Phi) is 3.14. The van der Waals surface area contributed by atoms with E-state index in [2.05, 4.69) is 0 Å². The summed E-state index contributed by atoms with van der Waals surface area (Å²) >= 11 is 0. The molecule has 1 heterocycles. The maximum Gasteiger partial charge on any atom is 0.409 e. The first kappa shape index (κ1) is 10.7. The van der Waals surface area contributed by atoms with Crippen LogP contribution in [-0.2, 0) is 4.74 Å². The van der Waals surface area contributed by atoms with Crippen molar-refractivity contribution in [2.45, 2.75) is 32.2 Å². The predicted octanol–water partition coefficient (Wildman–Crippen LogP) is 1.20. The molecule has 0 aromatic heterocycles. The van der Waals surface area contributed by atoms with Crippen LogP contribution in [-0.4, -0.2) is 36.7 Å². The van der Waals surface area contributed by atoms with Crippen LogP contribution in [0, 0.1) is 11.8 Å². The van der Waals surface area contributed by atoms with E-state index in [9.17, 15) is 4.79 Å². The lowest BCUT2D eigenvalue weighted by Crippen LogP contribution is -2.39. The van der Waals surface area contributed by atoms with E-state index in [0.29, 0.717) is 12.6 Å². The second-order valence-corrected chi connectivity index (χ2v) is 4.59. The first-order valence-electron chi connectivity index (χ1n) is 5.89. The van der Waals surface area contributed by atoms with E-state index in [-0.39, 0.29) is 6.09 Å². The molecule has 2 fully saturated rings. The van der Waals surface area contributed by atoms with Crippen LogP contribution < -0.4 is 5.73 Å². The minimum atomic E-state index is -0.156. The number of rotatable bonds is 2. The predicted molar refractivity (Wildman–Crippen MR) is 57.4 cm³/mol. The molecule has 0 aromatic carbocycles. The van der Waals surface area contributed by atoms with Crippen molar-refractivity contribution in [2.75, 3.05) is 19.7 Å². The Balaban J connectivity index is 1.74. The zero-order valence-corrected chi connectivity index (χ0v) is 9.32. The second kappa shape index (κ2) is 4.39. The van der Waals surface area contributed by atoms with Gasteiger partial charge in [0.05, 0.1) is 6.61 Å². The lowest BCUT2D eigenvalue weighted by Gasteiger charge is -2.31. The zero-order chi connectivity index (χ0) is 10.8. The number of likely N-dealkylation sites (tertiary alicyclic amines) is 1. The Labute approximate surface area is 90.8 Å². The third-order valence-corrected chi connectivity index (χ3v) is 3.56. The van der Waals surface area contributed by atoms with E-state index in [4.69, 9.17) is 10.5 Å². The quantitative estimate of drug-likeness (QED) is 0.748. The zero-order valence-electron chi connectivity index (χ0n) is 9.32. The van der Waals surface area contributed by atoms with Crippen molar-refractivity contribution in [1.29, 1.82) is 0 Å². The van der Waals surface area contributed by atoms with Gasteiger partial charge in [0.15, 0.2) is 0 Å². The van der Waals surface area contributed by atoms with Crippen LogP contribution >= 0.6 is 0 Å². The largest absolute Gasteiger partial charge is 0.450 e. The highest BCUT2D eigenvalue weighted by molar-refractivity contribution is 5.67. The third kappa shape index (κ3) is 2.43. The van der Waals surface area contributed by atoms with Crippen LogP contribution in [0.2, 0.25) is 0 Å². The summed E-state index contributed by atoms with van der Waals surface area (Å²) in [6.45, 7) is 3.99. The van der Waals surface area contributed by atoms with E-state index in [1.54, 1.807) is 0 Å². The van der Waals surface area contributed by atoms with Gasteiger partial charge in [0.25, 0.3) is 0 Å². The van der Waals surface area contributed by atoms with Gasteiger partial charge in [-0.3, -0.25) is 0 Å². The Morgan fingerprint density at radius 3 is 2.53 bits per heavy atom. The minimum Gasteiger partial charge on any atom is -0.450 e. The number of hydrogen-bond donors (Lipinski definition) is 1. The Morgan fingerprint density at radius 2 is 2.07 bits per heavy atom. The molecule has 1 amide bonds. The fourth-order valence-electron chi connectivity index (χ4n) is 2.50.